The summed E-state index contributed by atoms with van der Waals surface area (Å²) in [5.74, 6) is -0.323. The van der Waals surface area contributed by atoms with Crippen LogP contribution in [0.25, 0.3) is 0 Å². The molecule has 1 aliphatic rings. The van der Waals surface area contributed by atoms with E-state index in [9.17, 15) is 14.3 Å². The first-order chi connectivity index (χ1) is 14.5. The molecular weight excluding hydrogens is 383 g/mol. The number of carbonyl (C=O) groups is 1. The van der Waals surface area contributed by atoms with Crippen molar-refractivity contribution in [3.05, 3.63) is 65.5 Å². The first kappa shape index (κ1) is 22.2. The summed E-state index contributed by atoms with van der Waals surface area (Å²) in [4.78, 5) is 16.8. The summed E-state index contributed by atoms with van der Waals surface area (Å²) in [5, 5.41) is 10.4. The minimum atomic E-state index is -0.513. The first-order valence-corrected chi connectivity index (χ1v) is 10.6. The monoisotopic (exact) mass is 414 g/mol. The van der Waals surface area contributed by atoms with Crippen molar-refractivity contribution >= 4 is 5.91 Å². The lowest BCUT2D eigenvalue weighted by Crippen LogP contribution is -2.40. The standard InChI is InChI=1S/C24H31FN2O3/c1-3-30-23-20(10-7-11-21(23)25)24(29)26(2)16-18-12-14-27(15-13-18)17-22(28)19-8-5-4-6-9-19/h4-11,18,22,28H,3,12-17H2,1-2H3/t22-/m1/s1. The van der Waals surface area contributed by atoms with Gasteiger partial charge in [-0.15, -0.1) is 0 Å². The SMILES string of the molecule is CCOc1c(F)cccc1C(=O)N(C)CC1CCN(C[C@@H](O)c2ccccc2)CC1. The first-order valence-electron chi connectivity index (χ1n) is 10.6. The Labute approximate surface area is 178 Å². The number of benzene rings is 2. The third-order valence-corrected chi connectivity index (χ3v) is 5.69. The van der Waals surface area contributed by atoms with Crippen molar-refractivity contribution < 1.29 is 19.0 Å². The lowest BCUT2D eigenvalue weighted by Gasteiger charge is -2.35. The van der Waals surface area contributed by atoms with Crippen LogP contribution in [0, 0.1) is 11.7 Å². The zero-order valence-electron chi connectivity index (χ0n) is 17.8. The van der Waals surface area contributed by atoms with E-state index >= 15 is 0 Å². The molecule has 0 aliphatic carbocycles. The van der Waals surface area contributed by atoms with Crippen molar-refractivity contribution in [2.75, 3.05) is 39.8 Å². The van der Waals surface area contributed by atoms with E-state index < -0.39 is 11.9 Å². The molecule has 5 nitrogen and oxygen atoms in total. The summed E-state index contributed by atoms with van der Waals surface area (Å²) < 4.78 is 19.4. The second-order valence-electron chi connectivity index (χ2n) is 7.91. The second-order valence-corrected chi connectivity index (χ2v) is 7.91. The van der Waals surface area contributed by atoms with Gasteiger partial charge < -0.3 is 19.6 Å². The summed E-state index contributed by atoms with van der Waals surface area (Å²) in [7, 11) is 1.76. The number of para-hydroxylation sites is 1. The molecule has 2 aromatic carbocycles. The smallest absolute Gasteiger partial charge is 0.257 e. The van der Waals surface area contributed by atoms with Crippen LogP contribution in [0.15, 0.2) is 48.5 Å². The second kappa shape index (κ2) is 10.5. The minimum absolute atomic E-state index is 0.0292. The van der Waals surface area contributed by atoms with Gasteiger partial charge in [-0.1, -0.05) is 36.4 Å². The molecule has 0 bridgehead atoms. The lowest BCUT2D eigenvalue weighted by atomic mass is 9.95. The van der Waals surface area contributed by atoms with E-state index in [-0.39, 0.29) is 17.2 Å². The molecule has 2 aromatic rings. The molecule has 1 saturated heterocycles. The Balaban J connectivity index is 1.51. The van der Waals surface area contributed by atoms with Crippen molar-refractivity contribution in [1.82, 2.24) is 9.80 Å². The molecule has 1 N–H and O–H groups in total. The molecule has 1 aliphatic heterocycles. The van der Waals surface area contributed by atoms with Crippen molar-refractivity contribution in [2.24, 2.45) is 5.92 Å². The van der Waals surface area contributed by atoms with Gasteiger partial charge in [0.2, 0.25) is 0 Å². The van der Waals surface area contributed by atoms with Gasteiger partial charge in [0, 0.05) is 20.1 Å². The number of aliphatic hydroxyl groups excluding tert-OH is 1. The van der Waals surface area contributed by atoms with Crippen molar-refractivity contribution in [3.8, 4) is 5.75 Å². The van der Waals surface area contributed by atoms with E-state index in [0.29, 0.717) is 25.6 Å². The summed E-state index contributed by atoms with van der Waals surface area (Å²) in [6.07, 6.45) is 1.43. The van der Waals surface area contributed by atoms with Gasteiger partial charge in [-0.2, -0.15) is 0 Å². The summed E-state index contributed by atoms with van der Waals surface area (Å²) in [5.41, 5.74) is 1.20. The highest BCUT2D eigenvalue weighted by molar-refractivity contribution is 5.96. The maximum Gasteiger partial charge on any atom is 0.257 e. The molecule has 3 rings (SSSR count). The molecule has 1 heterocycles. The number of rotatable bonds is 8. The third-order valence-electron chi connectivity index (χ3n) is 5.69. The highest BCUT2D eigenvalue weighted by Crippen LogP contribution is 2.26. The van der Waals surface area contributed by atoms with Gasteiger partial charge in [0.05, 0.1) is 18.3 Å². The number of aliphatic hydroxyl groups is 1. The number of halogens is 1. The molecule has 0 aromatic heterocycles. The normalized spacial score (nSPS) is 16.3. The summed E-state index contributed by atoms with van der Waals surface area (Å²) in [6.45, 7) is 5.09. The number of piperidine rings is 1. The van der Waals surface area contributed by atoms with Crippen LogP contribution in [-0.2, 0) is 0 Å². The van der Waals surface area contributed by atoms with Crippen molar-refractivity contribution in [3.63, 3.8) is 0 Å². The fraction of sp³-hybridized carbons (Fsp3) is 0.458. The Bertz CT molecular complexity index is 822. The Morgan fingerprint density at radius 1 is 1.20 bits per heavy atom. The largest absolute Gasteiger partial charge is 0.490 e. The summed E-state index contributed by atoms with van der Waals surface area (Å²) in [6, 6.07) is 14.2. The Morgan fingerprint density at radius 3 is 2.57 bits per heavy atom. The van der Waals surface area contributed by atoms with Crippen LogP contribution in [0.4, 0.5) is 4.39 Å². The number of carbonyl (C=O) groups excluding carboxylic acids is 1. The van der Waals surface area contributed by atoms with Gasteiger partial charge in [0.1, 0.15) is 0 Å². The Morgan fingerprint density at radius 2 is 1.90 bits per heavy atom. The van der Waals surface area contributed by atoms with Crippen molar-refractivity contribution in [2.45, 2.75) is 25.9 Å². The van der Waals surface area contributed by atoms with E-state index in [1.165, 1.54) is 12.1 Å². The average molecular weight is 415 g/mol. The van der Waals surface area contributed by atoms with Gasteiger partial charge in [0.25, 0.3) is 5.91 Å². The molecule has 0 spiro atoms. The number of likely N-dealkylation sites (tertiary alicyclic amines) is 1. The quantitative estimate of drug-likeness (QED) is 0.715. The molecular formula is C24H31FN2O3. The van der Waals surface area contributed by atoms with Gasteiger partial charge in [0.15, 0.2) is 11.6 Å². The number of hydrogen-bond donors (Lipinski definition) is 1. The van der Waals surface area contributed by atoms with Crippen LogP contribution in [-0.4, -0.2) is 60.6 Å². The Hall–Kier alpha value is -2.44. The highest BCUT2D eigenvalue weighted by atomic mass is 19.1. The van der Waals surface area contributed by atoms with Gasteiger partial charge in [-0.3, -0.25) is 4.79 Å². The molecule has 162 valence electrons. The molecule has 1 fully saturated rings. The highest BCUT2D eigenvalue weighted by Gasteiger charge is 2.25. The van der Waals surface area contributed by atoms with Crippen LogP contribution < -0.4 is 4.74 Å². The van der Waals surface area contributed by atoms with Gasteiger partial charge >= 0.3 is 0 Å². The number of amides is 1. The number of nitrogens with zero attached hydrogens (tertiary/aromatic N) is 2. The molecule has 0 saturated carbocycles. The average Bonchev–Trinajstić information content (AvgIpc) is 2.76. The molecule has 1 amide bonds. The van der Waals surface area contributed by atoms with Crippen LogP contribution >= 0.6 is 0 Å². The van der Waals surface area contributed by atoms with Crippen LogP contribution in [0.1, 0.15) is 41.8 Å². The molecule has 6 heteroatoms. The third kappa shape index (κ3) is 5.58. The zero-order chi connectivity index (χ0) is 21.5. The molecule has 0 radical (unpaired) electrons. The van der Waals surface area contributed by atoms with Crippen LogP contribution in [0.2, 0.25) is 0 Å². The van der Waals surface area contributed by atoms with Crippen LogP contribution in [0.3, 0.4) is 0 Å². The topological polar surface area (TPSA) is 53.0 Å². The minimum Gasteiger partial charge on any atom is -0.490 e. The van der Waals surface area contributed by atoms with Crippen LogP contribution in [0.5, 0.6) is 5.75 Å². The lowest BCUT2D eigenvalue weighted by molar-refractivity contribution is 0.0678. The number of β-amino-alcohol motifs (C(OH)–C–C–N with tert-alkyl or cyclic N) is 1. The maximum absolute atomic E-state index is 14.1. The van der Waals surface area contributed by atoms with E-state index in [0.717, 1.165) is 31.5 Å². The predicted molar refractivity (Wildman–Crippen MR) is 115 cm³/mol. The van der Waals surface area contributed by atoms with Gasteiger partial charge in [-0.25, -0.2) is 4.39 Å². The maximum atomic E-state index is 14.1. The summed E-state index contributed by atoms with van der Waals surface area (Å²) >= 11 is 0. The molecule has 0 unspecified atom stereocenters. The fourth-order valence-corrected chi connectivity index (χ4v) is 4.02. The van der Waals surface area contributed by atoms with Crippen molar-refractivity contribution in [1.29, 1.82) is 0 Å². The van der Waals surface area contributed by atoms with Gasteiger partial charge in [-0.05, 0) is 56.5 Å². The Kier molecular flexibility index (Phi) is 7.82. The number of hydrogen-bond acceptors (Lipinski definition) is 4. The molecule has 30 heavy (non-hydrogen) atoms. The fourth-order valence-electron chi connectivity index (χ4n) is 4.02. The van der Waals surface area contributed by atoms with E-state index in [1.54, 1.807) is 24.9 Å². The number of ether oxygens (including phenoxy) is 1. The van der Waals surface area contributed by atoms with E-state index in [2.05, 4.69) is 4.90 Å². The van der Waals surface area contributed by atoms with E-state index in [4.69, 9.17) is 4.74 Å². The predicted octanol–water partition coefficient (Wildman–Crippen LogP) is 3.74. The molecule has 1 atom stereocenters. The van der Waals surface area contributed by atoms with E-state index in [1.807, 2.05) is 30.3 Å². The zero-order valence-corrected chi connectivity index (χ0v) is 17.8.